The van der Waals surface area contributed by atoms with Crippen molar-refractivity contribution < 1.29 is 4.74 Å². The zero-order chi connectivity index (χ0) is 61.9. The van der Waals surface area contributed by atoms with Crippen molar-refractivity contribution in [2.45, 2.75) is 416 Å². The van der Waals surface area contributed by atoms with E-state index in [0.29, 0.717) is 45.7 Å². The predicted molar refractivity (Wildman–Crippen MR) is 382 cm³/mol. The van der Waals surface area contributed by atoms with Crippen LogP contribution in [-0.2, 0) is 4.74 Å². The molecule has 18 atom stereocenters. The van der Waals surface area contributed by atoms with Gasteiger partial charge in [0, 0.05) is 0 Å². The Kier molecular flexibility index (Phi) is 29.7. The first-order chi connectivity index (χ1) is 42.1. The van der Waals surface area contributed by atoms with Gasteiger partial charge in [-0.05, 0) is 220 Å². The van der Waals surface area contributed by atoms with E-state index >= 15 is 0 Å². The Morgan fingerprint density at radius 1 is 0.356 bits per heavy atom. The molecule has 8 aliphatic rings. The van der Waals surface area contributed by atoms with Gasteiger partial charge in [0.1, 0.15) is 0 Å². The number of ether oxygens (including phenoxy) is 1. The molecule has 6 fully saturated rings. The molecule has 0 aliphatic heterocycles. The molecule has 1 heteroatoms. The van der Waals surface area contributed by atoms with Gasteiger partial charge in [0.25, 0.3) is 0 Å². The third-order valence-electron chi connectivity index (χ3n) is 29.3. The summed E-state index contributed by atoms with van der Waals surface area (Å²) in [6.45, 7) is 31.0. The standard InChI is InChI=1S/C86H154O/c1-13-15-17-19-21-23-25-27-29-31-33-35-37-45-81(69-55-59-83(9)71(63-69)47-49-73-77-53-51-75(67(7)43-39-41-65(3)4)85(77,11)61-57-79(73)83)87-82(46-38-36-34-32-30-28-26-24-22-20-18-16-14-2)70-56-60-84(10)72(64-70)48-50-74-78-54-52-76(68(8)44-40-42-66(5)6)86(78,12)62-58-80(74)84/h47-48,65-70,73-82H,13-46,49-64H2,1-12H3/t67-,68-,69+,70+,73+,74+,75-,76-,77+,78+,79+,80+,81?,82?,83+,84+,85-,86-/m1/s1. The van der Waals surface area contributed by atoms with Gasteiger partial charge in [-0.1, -0.05) is 312 Å². The third-order valence-corrected chi connectivity index (χ3v) is 29.3. The van der Waals surface area contributed by atoms with E-state index in [-0.39, 0.29) is 0 Å². The van der Waals surface area contributed by atoms with Crippen LogP contribution >= 0.6 is 0 Å². The molecule has 0 amide bonds. The fourth-order valence-corrected chi connectivity index (χ4v) is 23.8. The minimum Gasteiger partial charge on any atom is -0.374 e. The number of hydrogen-bond acceptors (Lipinski definition) is 1. The highest BCUT2D eigenvalue weighted by Crippen LogP contribution is 2.70. The van der Waals surface area contributed by atoms with Crippen molar-refractivity contribution in [3.05, 3.63) is 23.3 Å². The third kappa shape index (κ3) is 18.9. The van der Waals surface area contributed by atoms with Gasteiger partial charge in [0.2, 0.25) is 0 Å². The zero-order valence-electron chi connectivity index (χ0n) is 61.2. The number of rotatable bonds is 42. The molecule has 0 N–H and O–H groups in total. The van der Waals surface area contributed by atoms with Crippen LogP contribution in [0.5, 0.6) is 0 Å². The van der Waals surface area contributed by atoms with Crippen LogP contribution < -0.4 is 0 Å². The molecular weight excluding hydrogens is 1050 g/mol. The molecule has 0 bridgehead atoms. The first-order valence-corrected chi connectivity index (χ1v) is 41.1. The molecule has 2 unspecified atom stereocenters. The Bertz CT molecular complexity index is 1830. The van der Waals surface area contributed by atoms with Gasteiger partial charge in [-0.3, -0.25) is 0 Å². The van der Waals surface area contributed by atoms with Crippen LogP contribution in [0.1, 0.15) is 404 Å². The fourth-order valence-electron chi connectivity index (χ4n) is 23.8. The van der Waals surface area contributed by atoms with Gasteiger partial charge in [-0.25, -0.2) is 0 Å². The van der Waals surface area contributed by atoms with Crippen molar-refractivity contribution >= 4 is 0 Å². The van der Waals surface area contributed by atoms with E-state index in [2.05, 4.69) is 95.2 Å². The maximum atomic E-state index is 8.22. The highest BCUT2D eigenvalue weighted by molar-refractivity contribution is 5.27. The van der Waals surface area contributed by atoms with Crippen molar-refractivity contribution in [3.8, 4) is 0 Å². The molecule has 8 aliphatic carbocycles. The average molecular weight is 1200 g/mol. The minimum absolute atomic E-state index is 0.413. The summed E-state index contributed by atoms with van der Waals surface area (Å²) >= 11 is 0. The Morgan fingerprint density at radius 2 is 0.690 bits per heavy atom. The maximum Gasteiger partial charge on any atom is 0.0610 e. The molecule has 87 heavy (non-hydrogen) atoms. The summed E-state index contributed by atoms with van der Waals surface area (Å²) < 4.78 is 8.22. The van der Waals surface area contributed by atoms with E-state index in [0.717, 1.165) is 71.0 Å². The van der Waals surface area contributed by atoms with Crippen molar-refractivity contribution in [2.24, 2.45) is 105 Å². The fraction of sp³-hybridized carbons (Fsp3) is 0.953. The minimum atomic E-state index is 0.413. The molecule has 0 aromatic rings. The molecule has 1 nitrogen and oxygen atoms in total. The molecule has 0 saturated heterocycles. The summed E-state index contributed by atoms with van der Waals surface area (Å²) in [5.74, 6) is 12.4. The maximum absolute atomic E-state index is 8.22. The number of allylic oxidation sites excluding steroid dienone is 4. The summed E-state index contributed by atoms with van der Waals surface area (Å²) in [5, 5.41) is 0. The molecule has 6 saturated carbocycles. The SMILES string of the molecule is CCCCCCCCCCCCCCCC(OC(CCCCCCCCCCCCCCC)[C@H]1CC[C@@]2(C)C(=CC[C@H]3[C@@H]4CC[C@H]([C@H](C)CCCC(C)C)[C@@]4(C)CC[C@@H]32)C1)[C@H]1CC[C@@]2(C)C(=CC[C@H]3[C@@H]4CC[C@H]([C@H](C)CCCC(C)C)[C@@]4(C)CC[C@@H]32)C1. The molecule has 0 aromatic heterocycles. The summed E-state index contributed by atoms with van der Waals surface area (Å²) in [5.41, 5.74) is 5.80. The molecule has 504 valence electrons. The van der Waals surface area contributed by atoms with E-state index in [1.807, 2.05) is 11.1 Å². The normalized spacial score (nSPS) is 35.2. The van der Waals surface area contributed by atoms with Gasteiger partial charge in [-0.2, -0.15) is 0 Å². The van der Waals surface area contributed by atoms with Gasteiger partial charge >= 0.3 is 0 Å². The van der Waals surface area contributed by atoms with Crippen molar-refractivity contribution in [3.63, 3.8) is 0 Å². The van der Waals surface area contributed by atoms with Gasteiger partial charge in [0.15, 0.2) is 0 Å². The lowest BCUT2D eigenvalue weighted by atomic mass is 9.46. The Balaban J connectivity index is 0.949. The van der Waals surface area contributed by atoms with E-state index in [1.165, 1.54) is 321 Å². The van der Waals surface area contributed by atoms with E-state index < -0.39 is 0 Å². The molecule has 0 aromatic carbocycles. The quantitative estimate of drug-likeness (QED) is 0.0437. The van der Waals surface area contributed by atoms with Crippen molar-refractivity contribution in [1.82, 2.24) is 0 Å². The van der Waals surface area contributed by atoms with Crippen molar-refractivity contribution in [1.29, 1.82) is 0 Å². The second kappa shape index (κ2) is 35.8. The first kappa shape index (κ1) is 72.3. The van der Waals surface area contributed by atoms with Crippen LogP contribution in [0.2, 0.25) is 0 Å². The lowest BCUT2D eigenvalue weighted by molar-refractivity contribution is -0.104. The summed E-state index contributed by atoms with van der Waals surface area (Å²) in [4.78, 5) is 0. The van der Waals surface area contributed by atoms with Crippen LogP contribution in [0.15, 0.2) is 23.3 Å². The van der Waals surface area contributed by atoms with E-state index in [4.69, 9.17) is 4.74 Å². The highest BCUT2D eigenvalue weighted by Gasteiger charge is 2.61. The highest BCUT2D eigenvalue weighted by atomic mass is 16.5. The lowest BCUT2D eigenvalue weighted by Crippen LogP contribution is -2.51. The lowest BCUT2D eigenvalue weighted by Gasteiger charge is -2.59. The average Bonchev–Trinajstić information content (AvgIpc) is 1.75. The summed E-state index contributed by atoms with van der Waals surface area (Å²) in [6.07, 6.45) is 78.7. The largest absolute Gasteiger partial charge is 0.374 e. The summed E-state index contributed by atoms with van der Waals surface area (Å²) in [6, 6.07) is 0. The Morgan fingerprint density at radius 3 is 1.02 bits per heavy atom. The number of fused-ring (bicyclic) bond motifs is 10. The monoisotopic (exact) mass is 1200 g/mol. The van der Waals surface area contributed by atoms with Crippen LogP contribution in [0.25, 0.3) is 0 Å². The molecule has 0 radical (unpaired) electrons. The smallest absolute Gasteiger partial charge is 0.0610 e. The molecule has 8 rings (SSSR count). The second-order valence-electron chi connectivity index (χ2n) is 35.9. The van der Waals surface area contributed by atoms with Crippen molar-refractivity contribution in [2.75, 3.05) is 0 Å². The van der Waals surface area contributed by atoms with E-state index in [9.17, 15) is 0 Å². The van der Waals surface area contributed by atoms with Crippen LogP contribution in [0.3, 0.4) is 0 Å². The number of hydrogen-bond donors (Lipinski definition) is 0. The molecule has 0 heterocycles. The molecule has 0 spiro atoms. The van der Waals surface area contributed by atoms with Crippen LogP contribution in [0.4, 0.5) is 0 Å². The predicted octanol–water partition coefficient (Wildman–Crippen LogP) is 28.0. The zero-order valence-corrected chi connectivity index (χ0v) is 61.2. The van der Waals surface area contributed by atoms with Gasteiger partial charge < -0.3 is 4.74 Å². The number of unbranched alkanes of at least 4 members (excludes halogenated alkanes) is 24. The second-order valence-corrected chi connectivity index (χ2v) is 35.9. The van der Waals surface area contributed by atoms with Gasteiger partial charge in [0.05, 0.1) is 12.2 Å². The van der Waals surface area contributed by atoms with Gasteiger partial charge in [-0.15, -0.1) is 0 Å². The Hall–Kier alpha value is -0.560. The van der Waals surface area contributed by atoms with Crippen LogP contribution in [0, 0.1) is 105 Å². The topological polar surface area (TPSA) is 9.23 Å². The summed E-state index contributed by atoms with van der Waals surface area (Å²) in [7, 11) is 0. The Labute approximate surface area is 545 Å². The van der Waals surface area contributed by atoms with Crippen LogP contribution in [-0.4, -0.2) is 12.2 Å². The molecular formula is C86H154O. The van der Waals surface area contributed by atoms with E-state index in [1.54, 1.807) is 0 Å². The first-order valence-electron chi connectivity index (χ1n) is 41.1.